The first-order valence-electron chi connectivity index (χ1n) is 6.88. The molecule has 0 radical (unpaired) electrons. The lowest BCUT2D eigenvalue weighted by Gasteiger charge is -2.33. The van der Waals surface area contributed by atoms with Gasteiger partial charge in [0.2, 0.25) is 0 Å². The minimum absolute atomic E-state index is 0.545. The van der Waals surface area contributed by atoms with E-state index in [1.165, 1.54) is 31.4 Å². The molecule has 1 unspecified atom stereocenters. The molecular weight excluding hydrogens is 208 g/mol. The van der Waals surface area contributed by atoms with Gasteiger partial charge in [-0.15, -0.1) is 0 Å². The summed E-state index contributed by atoms with van der Waals surface area (Å²) < 4.78 is 0. The van der Waals surface area contributed by atoms with Crippen LogP contribution in [0.1, 0.15) is 32.6 Å². The molecule has 94 valence electrons. The van der Waals surface area contributed by atoms with Gasteiger partial charge in [0, 0.05) is 24.8 Å². The van der Waals surface area contributed by atoms with E-state index < -0.39 is 0 Å². The van der Waals surface area contributed by atoms with Gasteiger partial charge in [0.15, 0.2) is 0 Å². The second kappa shape index (κ2) is 6.06. The summed E-state index contributed by atoms with van der Waals surface area (Å²) in [5.74, 6) is 0.831. The number of anilines is 1. The van der Waals surface area contributed by atoms with Gasteiger partial charge in [0.1, 0.15) is 0 Å². The van der Waals surface area contributed by atoms with E-state index in [4.69, 9.17) is 5.73 Å². The van der Waals surface area contributed by atoms with Gasteiger partial charge in [-0.3, -0.25) is 0 Å². The van der Waals surface area contributed by atoms with Crippen LogP contribution in [-0.4, -0.2) is 19.1 Å². The summed E-state index contributed by atoms with van der Waals surface area (Å²) in [5, 5.41) is 0. The minimum atomic E-state index is 0.545. The smallest absolute Gasteiger partial charge is 0.0440 e. The number of hydrogen-bond donors (Lipinski definition) is 1. The molecule has 0 spiro atoms. The Morgan fingerprint density at radius 1 is 1.29 bits per heavy atom. The molecule has 1 aliphatic rings. The standard InChI is InChI=1S/C15H24N2/c1-2-3-11-17(14-7-5-4-6-8-14)15(12-16)13-9-10-13/h4-8,13,15H,2-3,9-12,16H2,1H3. The molecule has 0 aliphatic heterocycles. The zero-order valence-corrected chi connectivity index (χ0v) is 10.8. The van der Waals surface area contributed by atoms with Crippen molar-refractivity contribution in [2.75, 3.05) is 18.0 Å². The van der Waals surface area contributed by atoms with Crippen molar-refractivity contribution in [3.63, 3.8) is 0 Å². The molecule has 1 atom stereocenters. The van der Waals surface area contributed by atoms with Gasteiger partial charge >= 0.3 is 0 Å². The Labute approximate surface area is 105 Å². The average Bonchev–Trinajstić information content (AvgIpc) is 3.20. The highest BCUT2D eigenvalue weighted by atomic mass is 15.2. The molecule has 0 bridgehead atoms. The number of benzene rings is 1. The third-order valence-corrected chi connectivity index (χ3v) is 3.65. The first-order chi connectivity index (χ1) is 8.36. The molecule has 0 aromatic heterocycles. The van der Waals surface area contributed by atoms with Crippen LogP contribution in [0.2, 0.25) is 0 Å². The molecule has 0 saturated heterocycles. The zero-order valence-electron chi connectivity index (χ0n) is 10.8. The molecular formula is C15H24N2. The predicted octanol–water partition coefficient (Wildman–Crippen LogP) is 3.03. The number of rotatable bonds is 7. The molecule has 2 nitrogen and oxygen atoms in total. The van der Waals surface area contributed by atoms with Crippen molar-refractivity contribution in [3.8, 4) is 0 Å². The third-order valence-electron chi connectivity index (χ3n) is 3.65. The van der Waals surface area contributed by atoms with Crippen molar-refractivity contribution >= 4 is 5.69 Å². The SMILES string of the molecule is CCCCN(c1ccccc1)C(CN)C1CC1. The van der Waals surface area contributed by atoms with Gasteiger partial charge in [-0.05, 0) is 37.3 Å². The maximum Gasteiger partial charge on any atom is 0.0440 e. The van der Waals surface area contributed by atoms with Gasteiger partial charge < -0.3 is 10.6 Å². The Balaban J connectivity index is 2.11. The fraction of sp³-hybridized carbons (Fsp3) is 0.600. The van der Waals surface area contributed by atoms with Gasteiger partial charge in [0.05, 0.1) is 0 Å². The molecule has 0 heterocycles. The molecule has 2 N–H and O–H groups in total. The van der Waals surface area contributed by atoms with Crippen molar-refractivity contribution in [2.45, 2.75) is 38.6 Å². The van der Waals surface area contributed by atoms with E-state index in [9.17, 15) is 0 Å². The van der Waals surface area contributed by atoms with Crippen LogP contribution in [0.25, 0.3) is 0 Å². The lowest BCUT2D eigenvalue weighted by Crippen LogP contribution is -2.43. The largest absolute Gasteiger partial charge is 0.367 e. The average molecular weight is 232 g/mol. The highest BCUT2D eigenvalue weighted by Crippen LogP contribution is 2.36. The van der Waals surface area contributed by atoms with E-state index in [0.29, 0.717) is 6.04 Å². The predicted molar refractivity (Wildman–Crippen MR) is 74.3 cm³/mol. The fourth-order valence-electron chi connectivity index (χ4n) is 2.49. The van der Waals surface area contributed by atoms with Gasteiger partial charge in [-0.1, -0.05) is 31.5 Å². The normalized spacial score (nSPS) is 16.8. The summed E-state index contributed by atoms with van der Waals surface area (Å²) >= 11 is 0. The molecule has 17 heavy (non-hydrogen) atoms. The molecule has 0 amide bonds. The van der Waals surface area contributed by atoms with E-state index in [1.54, 1.807) is 0 Å². The second-order valence-electron chi connectivity index (χ2n) is 5.02. The number of para-hydroxylation sites is 1. The third kappa shape index (κ3) is 3.22. The topological polar surface area (TPSA) is 29.3 Å². The monoisotopic (exact) mass is 232 g/mol. The summed E-state index contributed by atoms with van der Waals surface area (Å²) in [4.78, 5) is 2.53. The zero-order chi connectivity index (χ0) is 12.1. The lowest BCUT2D eigenvalue weighted by atomic mass is 10.1. The maximum absolute atomic E-state index is 5.98. The number of unbranched alkanes of at least 4 members (excludes halogenated alkanes) is 1. The van der Waals surface area contributed by atoms with Gasteiger partial charge in [-0.25, -0.2) is 0 Å². The van der Waals surface area contributed by atoms with Crippen LogP contribution < -0.4 is 10.6 Å². The maximum atomic E-state index is 5.98. The minimum Gasteiger partial charge on any atom is -0.367 e. The van der Waals surface area contributed by atoms with Crippen molar-refractivity contribution < 1.29 is 0 Å². The Morgan fingerprint density at radius 2 is 2.00 bits per heavy atom. The molecule has 1 aromatic carbocycles. The van der Waals surface area contributed by atoms with Crippen LogP contribution in [0.3, 0.4) is 0 Å². The highest BCUT2D eigenvalue weighted by molar-refractivity contribution is 5.47. The Bertz CT molecular complexity index is 319. The van der Waals surface area contributed by atoms with Crippen LogP contribution >= 0.6 is 0 Å². The molecule has 1 aliphatic carbocycles. The van der Waals surface area contributed by atoms with Crippen molar-refractivity contribution in [2.24, 2.45) is 11.7 Å². The molecule has 2 heteroatoms. The van der Waals surface area contributed by atoms with Crippen molar-refractivity contribution in [3.05, 3.63) is 30.3 Å². The second-order valence-corrected chi connectivity index (χ2v) is 5.02. The van der Waals surface area contributed by atoms with Crippen LogP contribution in [0.5, 0.6) is 0 Å². The van der Waals surface area contributed by atoms with E-state index >= 15 is 0 Å². The van der Waals surface area contributed by atoms with Crippen LogP contribution in [0, 0.1) is 5.92 Å². The Hall–Kier alpha value is -1.02. The van der Waals surface area contributed by atoms with Crippen LogP contribution in [-0.2, 0) is 0 Å². The number of nitrogens with two attached hydrogens (primary N) is 1. The number of nitrogens with zero attached hydrogens (tertiary/aromatic N) is 1. The molecule has 1 aromatic rings. The summed E-state index contributed by atoms with van der Waals surface area (Å²) in [7, 11) is 0. The Kier molecular flexibility index (Phi) is 4.43. The van der Waals surface area contributed by atoms with Gasteiger partial charge in [-0.2, -0.15) is 0 Å². The van der Waals surface area contributed by atoms with Crippen molar-refractivity contribution in [1.29, 1.82) is 0 Å². The fourth-order valence-corrected chi connectivity index (χ4v) is 2.49. The first-order valence-corrected chi connectivity index (χ1v) is 6.88. The Morgan fingerprint density at radius 3 is 2.53 bits per heavy atom. The molecule has 2 rings (SSSR count). The molecule has 1 saturated carbocycles. The highest BCUT2D eigenvalue weighted by Gasteiger charge is 2.34. The first kappa shape index (κ1) is 12.4. The van der Waals surface area contributed by atoms with E-state index in [0.717, 1.165) is 19.0 Å². The van der Waals surface area contributed by atoms with Gasteiger partial charge in [0.25, 0.3) is 0 Å². The van der Waals surface area contributed by atoms with E-state index in [1.807, 2.05) is 0 Å². The quantitative estimate of drug-likeness (QED) is 0.783. The van der Waals surface area contributed by atoms with Crippen molar-refractivity contribution in [1.82, 2.24) is 0 Å². The lowest BCUT2D eigenvalue weighted by molar-refractivity contribution is 0.529. The molecule has 1 fully saturated rings. The summed E-state index contributed by atoms with van der Waals surface area (Å²) in [6, 6.07) is 11.3. The van der Waals surface area contributed by atoms with E-state index in [2.05, 4.69) is 42.2 Å². The number of hydrogen-bond acceptors (Lipinski definition) is 2. The van der Waals surface area contributed by atoms with E-state index in [-0.39, 0.29) is 0 Å². The summed E-state index contributed by atoms with van der Waals surface area (Å²) in [5.41, 5.74) is 7.32. The summed E-state index contributed by atoms with van der Waals surface area (Å²) in [6.07, 6.45) is 5.21. The van der Waals surface area contributed by atoms with Crippen LogP contribution in [0.4, 0.5) is 5.69 Å². The van der Waals surface area contributed by atoms with Crippen LogP contribution in [0.15, 0.2) is 30.3 Å². The summed E-state index contributed by atoms with van der Waals surface area (Å²) in [6.45, 7) is 4.17.